The molecule has 2 N–H and O–H groups in total. The highest BCUT2D eigenvalue weighted by atomic mass is 19.4. The van der Waals surface area contributed by atoms with Crippen molar-refractivity contribution in [3.05, 3.63) is 29.3 Å². The number of benzene rings is 1. The Labute approximate surface area is 122 Å². The molecule has 1 aromatic rings. The summed E-state index contributed by atoms with van der Waals surface area (Å²) in [7, 11) is 0. The lowest BCUT2D eigenvalue weighted by atomic mass is 9.75. The molecular formula is C16H20F3NO. The van der Waals surface area contributed by atoms with Crippen LogP contribution in [0.15, 0.2) is 18.2 Å². The molecule has 2 nitrogen and oxygen atoms in total. The first kappa shape index (κ1) is 14.7. The fraction of sp³-hybridized carbons (Fsp3) is 0.625. The Balaban J connectivity index is 1.79. The van der Waals surface area contributed by atoms with Gasteiger partial charge in [0, 0.05) is 18.0 Å². The summed E-state index contributed by atoms with van der Waals surface area (Å²) in [5.74, 6) is -0.528. The van der Waals surface area contributed by atoms with E-state index >= 15 is 0 Å². The molecule has 3 unspecified atom stereocenters. The number of ether oxygens (including phenoxy) is 1. The molecule has 1 aliphatic heterocycles. The SMILES string of the molecule is NC(c1cccc2c1OCC2)C1CCCC(C(F)(F)F)C1. The summed E-state index contributed by atoms with van der Waals surface area (Å²) in [4.78, 5) is 0. The Morgan fingerprint density at radius 3 is 2.81 bits per heavy atom. The summed E-state index contributed by atoms with van der Waals surface area (Å²) < 4.78 is 44.4. The minimum absolute atomic E-state index is 0.124. The molecule has 3 rings (SSSR count). The van der Waals surface area contributed by atoms with Crippen molar-refractivity contribution in [3.63, 3.8) is 0 Å². The Morgan fingerprint density at radius 1 is 1.24 bits per heavy atom. The van der Waals surface area contributed by atoms with Crippen molar-refractivity contribution in [2.45, 2.75) is 44.3 Å². The van der Waals surface area contributed by atoms with Gasteiger partial charge in [-0.15, -0.1) is 0 Å². The summed E-state index contributed by atoms with van der Waals surface area (Å²) in [6.45, 7) is 0.634. The van der Waals surface area contributed by atoms with Gasteiger partial charge in [-0.25, -0.2) is 0 Å². The Hall–Kier alpha value is -1.23. The van der Waals surface area contributed by atoms with Crippen molar-refractivity contribution in [1.29, 1.82) is 0 Å². The van der Waals surface area contributed by atoms with E-state index in [0.717, 1.165) is 29.7 Å². The molecule has 0 radical (unpaired) electrons. The van der Waals surface area contributed by atoms with Crippen molar-refractivity contribution in [3.8, 4) is 5.75 Å². The van der Waals surface area contributed by atoms with E-state index in [-0.39, 0.29) is 24.8 Å². The van der Waals surface area contributed by atoms with Crippen molar-refractivity contribution in [2.24, 2.45) is 17.6 Å². The molecule has 0 amide bonds. The molecule has 5 heteroatoms. The zero-order valence-corrected chi connectivity index (χ0v) is 11.8. The van der Waals surface area contributed by atoms with Crippen molar-refractivity contribution in [2.75, 3.05) is 6.61 Å². The smallest absolute Gasteiger partial charge is 0.391 e. The summed E-state index contributed by atoms with van der Waals surface area (Å²) in [5, 5.41) is 0. The number of alkyl halides is 3. The average molecular weight is 299 g/mol. The van der Waals surface area contributed by atoms with E-state index in [9.17, 15) is 13.2 Å². The largest absolute Gasteiger partial charge is 0.493 e. The summed E-state index contributed by atoms with van der Waals surface area (Å²) in [6, 6.07) is 5.44. The molecule has 1 saturated carbocycles. The molecule has 3 atom stereocenters. The van der Waals surface area contributed by atoms with Gasteiger partial charge in [-0.2, -0.15) is 13.2 Å². The number of hydrogen-bond acceptors (Lipinski definition) is 2. The normalized spacial score (nSPS) is 27.0. The van der Waals surface area contributed by atoms with Gasteiger partial charge in [-0.3, -0.25) is 0 Å². The Bertz CT molecular complexity index is 515. The van der Waals surface area contributed by atoms with Crippen LogP contribution < -0.4 is 10.5 Å². The second kappa shape index (κ2) is 5.52. The number of nitrogens with two attached hydrogens (primary N) is 1. The monoisotopic (exact) mass is 299 g/mol. The third kappa shape index (κ3) is 2.89. The van der Waals surface area contributed by atoms with E-state index < -0.39 is 12.1 Å². The first-order chi connectivity index (χ1) is 9.97. The third-order valence-electron chi connectivity index (χ3n) is 4.79. The number of hydrogen-bond donors (Lipinski definition) is 1. The van der Waals surface area contributed by atoms with E-state index in [4.69, 9.17) is 10.5 Å². The third-order valence-corrected chi connectivity index (χ3v) is 4.79. The second-order valence-corrected chi connectivity index (χ2v) is 6.12. The van der Waals surface area contributed by atoms with Crippen LogP contribution in [0.3, 0.4) is 0 Å². The Kier molecular flexibility index (Phi) is 3.86. The highest BCUT2D eigenvalue weighted by molar-refractivity contribution is 5.45. The van der Waals surface area contributed by atoms with Crippen LogP contribution in [-0.2, 0) is 6.42 Å². The molecule has 1 aromatic carbocycles. The van der Waals surface area contributed by atoms with Crippen LogP contribution >= 0.6 is 0 Å². The molecule has 2 aliphatic rings. The Morgan fingerprint density at radius 2 is 2.05 bits per heavy atom. The van der Waals surface area contributed by atoms with E-state index in [2.05, 4.69) is 0 Å². The summed E-state index contributed by atoms with van der Waals surface area (Å²) in [6.07, 6.45) is -1.53. The molecular weight excluding hydrogens is 279 g/mol. The quantitative estimate of drug-likeness (QED) is 0.896. The summed E-state index contributed by atoms with van der Waals surface area (Å²) >= 11 is 0. The highest BCUT2D eigenvalue weighted by Crippen LogP contribution is 2.45. The van der Waals surface area contributed by atoms with Crippen LogP contribution in [0.25, 0.3) is 0 Å². The van der Waals surface area contributed by atoms with E-state index in [1.165, 1.54) is 0 Å². The molecule has 0 saturated heterocycles. The minimum Gasteiger partial charge on any atom is -0.493 e. The predicted octanol–water partition coefficient (Wildman–Crippen LogP) is 3.99. The number of rotatable bonds is 2. The fourth-order valence-corrected chi connectivity index (χ4v) is 3.61. The number of halogens is 3. The van der Waals surface area contributed by atoms with Gasteiger partial charge < -0.3 is 10.5 Å². The van der Waals surface area contributed by atoms with Crippen LogP contribution in [0.1, 0.15) is 42.9 Å². The van der Waals surface area contributed by atoms with Gasteiger partial charge in [0.2, 0.25) is 0 Å². The van der Waals surface area contributed by atoms with Crippen LogP contribution in [0.5, 0.6) is 5.75 Å². The van der Waals surface area contributed by atoms with Gasteiger partial charge in [0.05, 0.1) is 12.5 Å². The highest BCUT2D eigenvalue weighted by Gasteiger charge is 2.43. The molecule has 0 spiro atoms. The zero-order valence-electron chi connectivity index (χ0n) is 11.8. The summed E-state index contributed by atoms with van der Waals surface area (Å²) in [5.41, 5.74) is 8.29. The average Bonchev–Trinajstić information content (AvgIpc) is 2.94. The lowest BCUT2D eigenvalue weighted by Gasteiger charge is -2.34. The number of para-hydroxylation sites is 1. The van der Waals surface area contributed by atoms with Gasteiger partial charge in [0.1, 0.15) is 5.75 Å². The van der Waals surface area contributed by atoms with E-state index in [0.29, 0.717) is 13.0 Å². The molecule has 1 aliphatic carbocycles. The van der Waals surface area contributed by atoms with Crippen LogP contribution in [0.2, 0.25) is 0 Å². The maximum absolute atomic E-state index is 12.9. The molecule has 0 bridgehead atoms. The molecule has 0 aromatic heterocycles. The van der Waals surface area contributed by atoms with E-state index in [1.54, 1.807) is 0 Å². The maximum Gasteiger partial charge on any atom is 0.391 e. The number of fused-ring (bicyclic) bond motifs is 1. The van der Waals surface area contributed by atoms with Gasteiger partial charge in [0.25, 0.3) is 0 Å². The second-order valence-electron chi connectivity index (χ2n) is 6.12. The van der Waals surface area contributed by atoms with Gasteiger partial charge in [-0.05, 0) is 30.7 Å². The topological polar surface area (TPSA) is 35.2 Å². The van der Waals surface area contributed by atoms with E-state index in [1.807, 2.05) is 18.2 Å². The van der Waals surface area contributed by atoms with Crippen LogP contribution in [0, 0.1) is 11.8 Å². The molecule has 1 heterocycles. The molecule has 116 valence electrons. The van der Waals surface area contributed by atoms with Crippen molar-refractivity contribution >= 4 is 0 Å². The van der Waals surface area contributed by atoms with Gasteiger partial charge in [0.15, 0.2) is 0 Å². The first-order valence-electron chi connectivity index (χ1n) is 7.53. The van der Waals surface area contributed by atoms with Crippen LogP contribution in [-0.4, -0.2) is 12.8 Å². The molecule has 21 heavy (non-hydrogen) atoms. The van der Waals surface area contributed by atoms with Crippen LogP contribution in [0.4, 0.5) is 13.2 Å². The fourth-order valence-electron chi connectivity index (χ4n) is 3.61. The standard InChI is InChI=1S/C16H20F3NO/c17-16(18,19)12-5-1-4-11(9-12)14(20)13-6-2-3-10-7-8-21-15(10)13/h2-3,6,11-12,14H,1,4-5,7-9,20H2. The minimum atomic E-state index is -4.10. The van der Waals surface area contributed by atoms with Gasteiger partial charge in [-0.1, -0.05) is 24.6 Å². The van der Waals surface area contributed by atoms with Gasteiger partial charge >= 0.3 is 6.18 Å². The molecule has 1 fully saturated rings. The predicted molar refractivity (Wildman–Crippen MR) is 74.1 cm³/mol. The van der Waals surface area contributed by atoms with Crippen molar-refractivity contribution < 1.29 is 17.9 Å². The first-order valence-corrected chi connectivity index (χ1v) is 7.53. The van der Waals surface area contributed by atoms with Crippen molar-refractivity contribution in [1.82, 2.24) is 0 Å². The lowest BCUT2D eigenvalue weighted by molar-refractivity contribution is -0.186. The zero-order chi connectivity index (χ0) is 15.0. The lowest BCUT2D eigenvalue weighted by Crippen LogP contribution is -2.33. The maximum atomic E-state index is 12.9.